The van der Waals surface area contributed by atoms with Gasteiger partial charge in [-0.05, 0) is 59.0 Å². The third kappa shape index (κ3) is 2.02. The third-order valence-corrected chi connectivity index (χ3v) is 7.66. The first-order valence-corrected chi connectivity index (χ1v) is 9.53. The lowest BCUT2D eigenvalue weighted by Crippen LogP contribution is -2.17. The highest BCUT2D eigenvalue weighted by Gasteiger charge is 2.26. The Morgan fingerprint density at radius 2 is 1.45 bits per heavy atom. The number of fused-ring (bicyclic) bond motifs is 3. The van der Waals surface area contributed by atoms with Crippen molar-refractivity contribution < 1.29 is 16.8 Å². The molecule has 2 aromatic carbocycles. The van der Waals surface area contributed by atoms with Crippen molar-refractivity contribution in [3.8, 4) is 0 Å². The number of rotatable bonds is 0. The fourth-order valence-corrected chi connectivity index (χ4v) is 5.90. The van der Waals surface area contributed by atoms with Crippen molar-refractivity contribution in [2.24, 2.45) is 0 Å². The van der Waals surface area contributed by atoms with Crippen molar-refractivity contribution in [3.05, 3.63) is 46.0 Å². The normalized spacial score (nSPS) is 18.2. The van der Waals surface area contributed by atoms with E-state index < -0.39 is 19.9 Å². The van der Waals surface area contributed by atoms with Gasteiger partial charge < -0.3 is 0 Å². The van der Waals surface area contributed by atoms with Gasteiger partial charge in [0.2, 0.25) is 9.84 Å². The van der Waals surface area contributed by atoms with Gasteiger partial charge in [-0.15, -0.1) is 0 Å². The van der Waals surface area contributed by atoms with Crippen LogP contribution in [0.25, 0.3) is 0 Å². The molecular weight excluding hydrogens is 413 g/mol. The van der Waals surface area contributed by atoms with Gasteiger partial charge >= 0.3 is 0 Å². The number of hydrogen-bond donors (Lipinski definition) is 1. The Morgan fingerprint density at radius 1 is 0.850 bits per heavy atom. The topological polar surface area (TPSA) is 80.3 Å². The highest BCUT2D eigenvalue weighted by molar-refractivity contribution is 14.1. The summed E-state index contributed by atoms with van der Waals surface area (Å²) in [6.07, 6.45) is 0. The average Bonchev–Trinajstić information content (AvgIpc) is 2.40. The van der Waals surface area contributed by atoms with Crippen LogP contribution in [0, 0.1) is 3.57 Å². The lowest BCUT2D eigenvalue weighted by Gasteiger charge is -2.16. The van der Waals surface area contributed by atoms with Crippen molar-refractivity contribution in [2.75, 3.05) is 4.72 Å². The van der Waals surface area contributed by atoms with Crippen LogP contribution >= 0.6 is 22.6 Å². The summed E-state index contributed by atoms with van der Waals surface area (Å²) in [6, 6.07) is 9.69. The van der Waals surface area contributed by atoms with E-state index in [2.05, 4.69) is 4.72 Å². The number of halogens is 1. The second-order valence-electron chi connectivity index (χ2n) is 4.20. The average molecular weight is 421 g/mol. The fourth-order valence-electron chi connectivity index (χ4n) is 1.93. The van der Waals surface area contributed by atoms with E-state index in [1.54, 1.807) is 0 Å². The van der Waals surface area contributed by atoms with Gasteiger partial charge in [0.15, 0.2) is 0 Å². The Balaban J connectivity index is 2.47. The molecule has 0 aliphatic carbocycles. The zero-order chi connectivity index (χ0) is 14.5. The predicted octanol–water partition coefficient (Wildman–Crippen LogP) is 2.24. The fraction of sp³-hybridized carbons (Fsp3) is 0. The molecule has 0 aromatic heterocycles. The molecule has 0 saturated heterocycles. The lowest BCUT2D eigenvalue weighted by molar-refractivity contribution is 0.593. The predicted molar refractivity (Wildman–Crippen MR) is 81.9 cm³/mol. The van der Waals surface area contributed by atoms with Crippen LogP contribution in [0.4, 0.5) is 5.69 Å². The zero-order valence-electron chi connectivity index (χ0n) is 9.87. The first kappa shape index (κ1) is 13.8. The smallest absolute Gasteiger partial charge is 0.261 e. The van der Waals surface area contributed by atoms with Gasteiger partial charge in [-0.25, -0.2) is 16.8 Å². The Bertz CT molecular complexity index is 903. The van der Waals surface area contributed by atoms with Crippen molar-refractivity contribution >= 4 is 48.1 Å². The van der Waals surface area contributed by atoms with Crippen LogP contribution in [-0.4, -0.2) is 16.8 Å². The van der Waals surface area contributed by atoms with Crippen molar-refractivity contribution in [2.45, 2.75) is 14.7 Å². The van der Waals surface area contributed by atoms with E-state index in [9.17, 15) is 16.8 Å². The lowest BCUT2D eigenvalue weighted by atomic mass is 10.3. The standard InChI is InChI=1S/C12H8INO4S2/c13-12-10-2-1-3-11(12)19(15,16)8-4-6-9(7-5-8)20(17,18)14-10/h1-7,14H. The first-order chi connectivity index (χ1) is 9.32. The van der Waals surface area contributed by atoms with E-state index in [1.807, 2.05) is 22.6 Å². The number of sulfonamides is 1. The molecule has 5 nitrogen and oxygen atoms in total. The molecule has 8 heteroatoms. The summed E-state index contributed by atoms with van der Waals surface area (Å²) in [7, 11) is -7.37. The Kier molecular flexibility index (Phi) is 3.07. The molecule has 0 radical (unpaired) electrons. The SMILES string of the molecule is O=S1(=O)Nc2cccc(c2I)S(=O)(=O)c2ccc1cc2. The summed E-state index contributed by atoms with van der Waals surface area (Å²) in [4.78, 5) is 0.195. The van der Waals surface area contributed by atoms with Gasteiger partial charge in [0.1, 0.15) is 0 Å². The van der Waals surface area contributed by atoms with Crippen LogP contribution < -0.4 is 4.72 Å². The highest BCUT2D eigenvalue weighted by atomic mass is 127. The van der Waals surface area contributed by atoms with E-state index in [1.165, 1.54) is 42.5 Å². The summed E-state index contributed by atoms with van der Waals surface area (Å²) >= 11 is 1.83. The molecule has 0 saturated carbocycles. The molecule has 104 valence electrons. The minimum atomic E-state index is -3.71. The van der Waals surface area contributed by atoms with Gasteiger partial charge in [0, 0.05) is 0 Å². The van der Waals surface area contributed by atoms with Crippen LogP contribution in [0.3, 0.4) is 0 Å². The van der Waals surface area contributed by atoms with Gasteiger partial charge in [-0.2, -0.15) is 0 Å². The van der Waals surface area contributed by atoms with Gasteiger partial charge in [-0.1, -0.05) is 6.07 Å². The largest absolute Gasteiger partial charge is 0.279 e. The number of sulfone groups is 1. The van der Waals surface area contributed by atoms with Crippen molar-refractivity contribution in [1.29, 1.82) is 0 Å². The molecule has 0 unspecified atom stereocenters. The molecule has 0 spiro atoms. The van der Waals surface area contributed by atoms with Gasteiger partial charge in [-0.3, -0.25) is 4.72 Å². The molecular formula is C12H8INO4S2. The Labute approximate surface area is 130 Å². The maximum absolute atomic E-state index is 12.5. The van der Waals surface area contributed by atoms with E-state index in [-0.39, 0.29) is 20.4 Å². The summed E-state index contributed by atoms with van der Waals surface area (Å²) < 4.78 is 52.2. The molecule has 2 aliphatic heterocycles. The van der Waals surface area contributed by atoms with Crippen LogP contribution in [0.15, 0.2) is 57.2 Å². The molecule has 0 atom stereocenters. The number of anilines is 1. The summed E-state index contributed by atoms with van der Waals surface area (Å²) in [5, 5.41) is 0. The number of benzene rings is 2. The molecule has 2 aliphatic rings. The molecule has 0 amide bonds. The van der Waals surface area contributed by atoms with Gasteiger partial charge in [0.25, 0.3) is 10.0 Å². The molecule has 2 heterocycles. The molecule has 4 bridgehead atoms. The van der Waals surface area contributed by atoms with Crippen LogP contribution in [0.2, 0.25) is 0 Å². The van der Waals surface area contributed by atoms with Crippen molar-refractivity contribution in [1.82, 2.24) is 0 Å². The second kappa shape index (κ2) is 4.43. The minimum absolute atomic E-state index is 0.0274. The monoisotopic (exact) mass is 421 g/mol. The van der Waals surface area contributed by atoms with E-state index in [0.29, 0.717) is 3.57 Å². The molecule has 2 aromatic rings. The zero-order valence-corrected chi connectivity index (χ0v) is 13.7. The van der Waals surface area contributed by atoms with Gasteiger partial charge in [0.05, 0.1) is 23.9 Å². The van der Waals surface area contributed by atoms with E-state index in [4.69, 9.17) is 0 Å². The van der Waals surface area contributed by atoms with Crippen LogP contribution in [0.5, 0.6) is 0 Å². The Morgan fingerprint density at radius 3 is 2.10 bits per heavy atom. The number of hydrogen-bond acceptors (Lipinski definition) is 4. The quantitative estimate of drug-likeness (QED) is 0.662. The van der Waals surface area contributed by atoms with Crippen LogP contribution in [0.1, 0.15) is 0 Å². The summed E-state index contributed by atoms with van der Waals surface area (Å²) in [6.45, 7) is 0. The molecule has 1 N–H and O–H groups in total. The third-order valence-electron chi connectivity index (χ3n) is 2.94. The van der Waals surface area contributed by atoms with E-state index >= 15 is 0 Å². The second-order valence-corrected chi connectivity index (χ2v) is 8.88. The molecule has 4 rings (SSSR count). The first-order valence-electron chi connectivity index (χ1n) is 5.49. The molecule has 0 fully saturated rings. The highest BCUT2D eigenvalue weighted by Crippen LogP contribution is 2.33. The van der Waals surface area contributed by atoms with Crippen LogP contribution in [-0.2, 0) is 19.9 Å². The minimum Gasteiger partial charge on any atom is -0.279 e. The molecule has 20 heavy (non-hydrogen) atoms. The van der Waals surface area contributed by atoms with E-state index in [0.717, 1.165) is 0 Å². The maximum Gasteiger partial charge on any atom is 0.261 e. The summed E-state index contributed by atoms with van der Waals surface area (Å²) in [5.41, 5.74) is 0.258. The summed E-state index contributed by atoms with van der Waals surface area (Å²) in [5.74, 6) is 0. The van der Waals surface area contributed by atoms with Crippen molar-refractivity contribution in [3.63, 3.8) is 0 Å². The number of nitrogens with one attached hydrogen (secondary N) is 1. The maximum atomic E-state index is 12.5. The Hall–Kier alpha value is -1.13.